The van der Waals surface area contributed by atoms with Gasteiger partial charge in [0.25, 0.3) is 0 Å². The summed E-state index contributed by atoms with van der Waals surface area (Å²) >= 11 is 1.40. The fraction of sp³-hybridized carbons (Fsp3) is 0.391. The number of hydrogen-bond donors (Lipinski definition) is 3. The van der Waals surface area contributed by atoms with Gasteiger partial charge in [-0.3, -0.25) is 0 Å². The molecule has 0 amide bonds. The van der Waals surface area contributed by atoms with Crippen molar-refractivity contribution in [1.82, 2.24) is 5.32 Å². The van der Waals surface area contributed by atoms with Gasteiger partial charge in [0, 0.05) is 0 Å². The summed E-state index contributed by atoms with van der Waals surface area (Å²) in [7, 11) is 0. The molecule has 166 valence electrons. The van der Waals surface area contributed by atoms with E-state index in [0.29, 0.717) is 24.1 Å². The predicted molar refractivity (Wildman–Crippen MR) is 118 cm³/mol. The van der Waals surface area contributed by atoms with E-state index in [9.17, 15) is 19.8 Å². The van der Waals surface area contributed by atoms with Gasteiger partial charge in [0.1, 0.15) is 12.2 Å². The molecule has 31 heavy (non-hydrogen) atoms. The zero-order chi connectivity index (χ0) is 22.2. The molecule has 8 heteroatoms. The fourth-order valence-corrected chi connectivity index (χ4v) is 4.58. The van der Waals surface area contributed by atoms with Crippen LogP contribution in [0.1, 0.15) is 27.1 Å². The van der Waals surface area contributed by atoms with Crippen LogP contribution >= 0.6 is 11.8 Å². The van der Waals surface area contributed by atoms with E-state index in [1.54, 1.807) is 54.6 Å². The summed E-state index contributed by atoms with van der Waals surface area (Å²) in [6, 6.07) is 16.8. The number of thioether (sulfide) groups is 1. The lowest BCUT2D eigenvalue weighted by molar-refractivity contribution is -0.0406. The highest BCUT2D eigenvalue weighted by atomic mass is 32.2. The van der Waals surface area contributed by atoms with E-state index in [1.165, 1.54) is 11.8 Å². The van der Waals surface area contributed by atoms with Gasteiger partial charge < -0.3 is 25.0 Å². The molecular weight excluding hydrogens is 418 g/mol. The Morgan fingerprint density at radius 3 is 2.10 bits per heavy atom. The van der Waals surface area contributed by atoms with Crippen molar-refractivity contribution in [3.63, 3.8) is 0 Å². The Hall–Kier alpha value is -2.39. The Kier molecular flexibility index (Phi) is 8.48. The molecule has 0 bridgehead atoms. The standard InChI is InChI=1S/C23H27NO6S/c1-31-21-17(24-13-8-14-29-22(27)15-9-4-2-5-10-15)20(18(25)19(21)26)30-23(28)16-11-6-3-7-12-16/h2-7,9-12,17-21,24-26H,8,13-14H2,1H3/t17-,18-,19+,20-,21+/m1/s1. The van der Waals surface area contributed by atoms with Gasteiger partial charge >= 0.3 is 11.9 Å². The van der Waals surface area contributed by atoms with Crippen molar-refractivity contribution in [2.45, 2.75) is 36.0 Å². The lowest BCUT2D eigenvalue weighted by atomic mass is 10.1. The molecular formula is C23H27NO6S. The summed E-state index contributed by atoms with van der Waals surface area (Å²) in [5, 5.41) is 23.8. The Morgan fingerprint density at radius 2 is 1.52 bits per heavy atom. The molecule has 1 fully saturated rings. The van der Waals surface area contributed by atoms with E-state index in [0.717, 1.165) is 0 Å². The van der Waals surface area contributed by atoms with Gasteiger partial charge in [-0.1, -0.05) is 36.4 Å². The van der Waals surface area contributed by atoms with Crippen molar-refractivity contribution in [2.24, 2.45) is 0 Å². The molecule has 7 nitrogen and oxygen atoms in total. The second kappa shape index (κ2) is 11.3. The topological polar surface area (TPSA) is 105 Å². The smallest absolute Gasteiger partial charge is 0.338 e. The maximum atomic E-state index is 12.5. The van der Waals surface area contributed by atoms with Crippen molar-refractivity contribution in [1.29, 1.82) is 0 Å². The highest BCUT2D eigenvalue weighted by Crippen LogP contribution is 2.32. The van der Waals surface area contributed by atoms with Crippen LogP contribution in [0.15, 0.2) is 60.7 Å². The number of carbonyl (C=O) groups is 2. The first-order valence-electron chi connectivity index (χ1n) is 10.1. The molecule has 1 aliphatic carbocycles. The first-order chi connectivity index (χ1) is 15.0. The van der Waals surface area contributed by atoms with Crippen LogP contribution in [0.25, 0.3) is 0 Å². The summed E-state index contributed by atoms with van der Waals surface area (Å²) in [4.78, 5) is 24.5. The number of benzene rings is 2. The van der Waals surface area contributed by atoms with Gasteiger partial charge in [0.05, 0.1) is 35.1 Å². The first kappa shape index (κ1) is 23.3. The van der Waals surface area contributed by atoms with Gasteiger partial charge in [-0.05, 0) is 43.5 Å². The number of esters is 2. The highest BCUT2D eigenvalue weighted by molar-refractivity contribution is 7.99. The van der Waals surface area contributed by atoms with Gasteiger partial charge in [-0.25, -0.2) is 9.59 Å². The minimum Gasteiger partial charge on any atom is -0.462 e. The largest absolute Gasteiger partial charge is 0.462 e. The molecule has 0 saturated heterocycles. The van der Waals surface area contributed by atoms with E-state index in [1.807, 2.05) is 12.3 Å². The van der Waals surface area contributed by atoms with Gasteiger partial charge in [0.2, 0.25) is 0 Å². The average molecular weight is 446 g/mol. The van der Waals surface area contributed by atoms with Crippen LogP contribution in [0.5, 0.6) is 0 Å². The van der Waals surface area contributed by atoms with Gasteiger partial charge in [0.15, 0.2) is 0 Å². The SMILES string of the molecule is CS[C@@H]1[C@@H](O)[C@@H](O)[C@H](OC(=O)c2ccccc2)[C@H]1NCCCOC(=O)c1ccccc1. The lowest BCUT2D eigenvalue weighted by Gasteiger charge is -2.25. The summed E-state index contributed by atoms with van der Waals surface area (Å²) in [5.41, 5.74) is 0.871. The minimum atomic E-state index is -1.20. The van der Waals surface area contributed by atoms with Crippen LogP contribution in [-0.4, -0.2) is 71.2 Å². The van der Waals surface area contributed by atoms with E-state index in [-0.39, 0.29) is 17.8 Å². The molecule has 0 heterocycles. The number of aliphatic hydroxyl groups excluding tert-OH is 2. The molecule has 0 aromatic heterocycles. The molecule has 2 aromatic rings. The average Bonchev–Trinajstić information content (AvgIpc) is 3.03. The van der Waals surface area contributed by atoms with Crippen molar-refractivity contribution in [2.75, 3.05) is 19.4 Å². The second-order valence-electron chi connectivity index (χ2n) is 7.25. The third-order valence-electron chi connectivity index (χ3n) is 5.20. The van der Waals surface area contributed by atoms with Crippen molar-refractivity contribution in [3.8, 4) is 0 Å². The lowest BCUT2D eigenvalue weighted by Crippen LogP contribution is -2.46. The van der Waals surface area contributed by atoms with E-state index >= 15 is 0 Å². The maximum Gasteiger partial charge on any atom is 0.338 e. The first-order valence-corrected chi connectivity index (χ1v) is 11.4. The Labute approximate surface area is 185 Å². The van der Waals surface area contributed by atoms with Crippen molar-refractivity contribution >= 4 is 23.7 Å². The number of carbonyl (C=O) groups excluding carboxylic acids is 2. The molecule has 2 aromatic carbocycles. The third-order valence-corrected chi connectivity index (χ3v) is 6.32. The quantitative estimate of drug-likeness (QED) is 0.397. The van der Waals surface area contributed by atoms with Crippen LogP contribution < -0.4 is 5.32 Å². The molecule has 1 saturated carbocycles. The highest BCUT2D eigenvalue weighted by Gasteiger charge is 2.51. The molecule has 0 radical (unpaired) electrons. The monoisotopic (exact) mass is 445 g/mol. The number of hydrogen-bond acceptors (Lipinski definition) is 8. The van der Waals surface area contributed by atoms with E-state index in [2.05, 4.69) is 5.32 Å². The predicted octanol–water partition coefficient (Wildman–Crippen LogP) is 1.88. The van der Waals surface area contributed by atoms with Crippen LogP contribution in [0, 0.1) is 0 Å². The van der Waals surface area contributed by atoms with Gasteiger partial charge in [-0.15, -0.1) is 0 Å². The molecule has 3 rings (SSSR count). The van der Waals surface area contributed by atoms with Gasteiger partial charge in [-0.2, -0.15) is 11.8 Å². The molecule has 0 spiro atoms. The number of aliphatic hydroxyl groups is 2. The second-order valence-corrected chi connectivity index (χ2v) is 8.27. The molecule has 0 aliphatic heterocycles. The number of rotatable bonds is 9. The summed E-state index contributed by atoms with van der Waals surface area (Å²) in [6.07, 6.45) is -0.762. The zero-order valence-corrected chi connectivity index (χ0v) is 18.0. The van der Waals surface area contributed by atoms with E-state index in [4.69, 9.17) is 9.47 Å². The molecule has 3 N–H and O–H groups in total. The number of ether oxygens (including phenoxy) is 2. The third kappa shape index (κ3) is 5.86. The van der Waals surface area contributed by atoms with E-state index < -0.39 is 30.3 Å². The van der Waals surface area contributed by atoms with Crippen molar-refractivity contribution < 1.29 is 29.3 Å². The van der Waals surface area contributed by atoms with Crippen LogP contribution in [0.2, 0.25) is 0 Å². The Morgan fingerprint density at radius 1 is 0.935 bits per heavy atom. The fourth-order valence-electron chi connectivity index (χ4n) is 3.59. The number of nitrogens with one attached hydrogen (secondary N) is 1. The van der Waals surface area contributed by atoms with Crippen LogP contribution in [0.3, 0.4) is 0 Å². The van der Waals surface area contributed by atoms with Crippen molar-refractivity contribution in [3.05, 3.63) is 71.8 Å². The summed E-state index contributed by atoms with van der Waals surface area (Å²) < 4.78 is 10.8. The molecule has 5 atom stereocenters. The van der Waals surface area contributed by atoms with Crippen LogP contribution in [0.4, 0.5) is 0 Å². The van der Waals surface area contributed by atoms with Crippen LogP contribution in [-0.2, 0) is 9.47 Å². The summed E-state index contributed by atoms with van der Waals surface area (Å²) in [5.74, 6) is -0.939. The zero-order valence-electron chi connectivity index (χ0n) is 17.2. The Balaban J connectivity index is 1.53. The normalized spacial score (nSPS) is 25.2. The minimum absolute atomic E-state index is 0.219. The molecule has 0 unspecified atom stereocenters. The Bertz CT molecular complexity index is 850. The molecule has 1 aliphatic rings. The summed E-state index contributed by atoms with van der Waals surface area (Å²) in [6.45, 7) is 0.680. The maximum absolute atomic E-state index is 12.5.